The number of hydrogen-bond donors (Lipinski definition) is 1. The molecule has 3 aromatic rings. The Morgan fingerprint density at radius 1 is 1.03 bits per heavy atom. The monoisotopic (exact) mass is 632 g/mol. The molecule has 0 saturated heterocycles. The number of carbonyl (C=O) groups is 2. The van der Waals surface area contributed by atoms with E-state index in [-0.39, 0.29) is 25.0 Å². The van der Waals surface area contributed by atoms with Crippen LogP contribution in [0.25, 0.3) is 0 Å². The third kappa shape index (κ3) is 9.26. The van der Waals surface area contributed by atoms with Gasteiger partial charge in [-0.25, -0.2) is 0 Å². The maximum Gasteiger partial charge on any atom is 0.261 e. The Morgan fingerprint density at radius 3 is 2.41 bits per heavy atom. The number of rotatable bonds is 13. The number of nitrogens with one attached hydrogen (secondary N) is 1. The summed E-state index contributed by atoms with van der Waals surface area (Å²) in [6, 6.07) is 19.9. The van der Waals surface area contributed by atoms with Crippen molar-refractivity contribution in [3.05, 3.63) is 97.9 Å². The molecule has 0 fully saturated rings. The van der Waals surface area contributed by atoms with Crippen LogP contribution in [0, 0.1) is 0 Å². The molecular weight excluding hydrogens is 599 g/mol. The zero-order valence-corrected chi connectivity index (χ0v) is 25.7. The predicted molar refractivity (Wildman–Crippen MR) is 163 cm³/mol. The molecule has 0 radical (unpaired) electrons. The molecule has 0 unspecified atom stereocenters. The topological polar surface area (TPSA) is 58.6 Å². The summed E-state index contributed by atoms with van der Waals surface area (Å²) in [6.07, 6.45) is 2.15. The minimum absolute atomic E-state index is 0.129. The lowest BCUT2D eigenvalue weighted by Gasteiger charge is -2.32. The number of carbonyl (C=O) groups excluding carboxylic acids is 2. The van der Waals surface area contributed by atoms with Crippen molar-refractivity contribution < 1.29 is 14.3 Å². The smallest absolute Gasteiger partial charge is 0.261 e. The fourth-order valence-electron chi connectivity index (χ4n) is 4.11. The third-order valence-corrected chi connectivity index (χ3v) is 7.64. The molecule has 0 aliphatic heterocycles. The van der Waals surface area contributed by atoms with Gasteiger partial charge in [0.2, 0.25) is 5.91 Å². The molecule has 1 N–H and O–H groups in total. The summed E-state index contributed by atoms with van der Waals surface area (Å²) in [6.45, 7) is 6.72. The minimum atomic E-state index is -0.765. The summed E-state index contributed by atoms with van der Waals surface area (Å²) in [5.41, 5.74) is 2.80. The molecule has 0 heterocycles. The first-order chi connectivity index (χ1) is 18.7. The van der Waals surface area contributed by atoms with E-state index >= 15 is 0 Å². The maximum atomic E-state index is 13.8. The second-order valence-electron chi connectivity index (χ2n) is 9.74. The number of hydrogen-bond acceptors (Lipinski definition) is 3. The highest BCUT2D eigenvalue weighted by Crippen LogP contribution is 2.29. The van der Waals surface area contributed by atoms with Crippen LogP contribution in [0.5, 0.6) is 5.75 Å². The van der Waals surface area contributed by atoms with E-state index < -0.39 is 6.04 Å². The first-order valence-corrected chi connectivity index (χ1v) is 14.7. The van der Waals surface area contributed by atoms with Gasteiger partial charge >= 0.3 is 0 Å². The second-order valence-corrected chi connectivity index (χ2v) is 11.4. The van der Waals surface area contributed by atoms with Crippen LogP contribution in [0.1, 0.15) is 56.2 Å². The lowest BCUT2D eigenvalue weighted by Crippen LogP contribution is -2.51. The van der Waals surface area contributed by atoms with Gasteiger partial charge in [0.05, 0.1) is 4.47 Å². The molecule has 0 spiro atoms. The minimum Gasteiger partial charge on any atom is -0.483 e. The Bertz CT molecular complexity index is 1250. The largest absolute Gasteiger partial charge is 0.483 e. The SMILES string of the molecule is CCCCNC(=O)[C@@H](Cc1ccccc1)N(Cc1ccc(Cl)cc1Cl)C(=O)COc1ccc(C(C)C)cc1Br. The van der Waals surface area contributed by atoms with Gasteiger partial charge in [0, 0.05) is 29.6 Å². The van der Waals surface area contributed by atoms with Gasteiger partial charge in [0.15, 0.2) is 6.61 Å². The molecule has 3 rings (SSSR count). The predicted octanol–water partition coefficient (Wildman–Crippen LogP) is 7.81. The highest BCUT2D eigenvalue weighted by atomic mass is 79.9. The summed E-state index contributed by atoms with van der Waals surface area (Å²) in [4.78, 5) is 28.9. The van der Waals surface area contributed by atoms with E-state index in [4.69, 9.17) is 27.9 Å². The Morgan fingerprint density at radius 2 is 1.77 bits per heavy atom. The Balaban J connectivity index is 1.92. The van der Waals surface area contributed by atoms with Crippen LogP contribution < -0.4 is 10.1 Å². The Hall–Kier alpha value is -2.54. The lowest BCUT2D eigenvalue weighted by atomic mass is 10.0. The lowest BCUT2D eigenvalue weighted by molar-refractivity contribution is -0.142. The van der Waals surface area contributed by atoms with Gasteiger partial charge < -0.3 is 15.0 Å². The molecule has 1 atom stereocenters. The van der Waals surface area contributed by atoms with Crippen LogP contribution in [0.3, 0.4) is 0 Å². The molecule has 0 aromatic heterocycles. The van der Waals surface area contributed by atoms with Gasteiger partial charge in [0.1, 0.15) is 11.8 Å². The van der Waals surface area contributed by atoms with Crippen LogP contribution in [0.15, 0.2) is 71.2 Å². The fraction of sp³-hybridized carbons (Fsp3) is 0.355. The van der Waals surface area contributed by atoms with Crippen molar-refractivity contribution in [3.63, 3.8) is 0 Å². The van der Waals surface area contributed by atoms with Gasteiger partial charge in [-0.05, 0) is 69.2 Å². The molecule has 3 aromatic carbocycles. The molecular formula is C31H35BrCl2N2O3. The van der Waals surface area contributed by atoms with Crippen molar-refractivity contribution in [1.82, 2.24) is 10.2 Å². The van der Waals surface area contributed by atoms with Crippen LogP contribution in [-0.4, -0.2) is 35.9 Å². The summed E-state index contributed by atoms with van der Waals surface area (Å²) >= 11 is 16.2. The average molecular weight is 634 g/mol. The van der Waals surface area contributed by atoms with E-state index in [9.17, 15) is 9.59 Å². The number of nitrogens with zero attached hydrogens (tertiary/aromatic N) is 1. The van der Waals surface area contributed by atoms with Crippen LogP contribution in [0.4, 0.5) is 0 Å². The van der Waals surface area contributed by atoms with E-state index in [1.54, 1.807) is 23.1 Å². The molecule has 8 heteroatoms. The number of unbranched alkanes of at least 4 members (excludes halogenated alkanes) is 1. The summed E-state index contributed by atoms with van der Waals surface area (Å²) < 4.78 is 6.73. The van der Waals surface area contributed by atoms with Crippen molar-refractivity contribution in [3.8, 4) is 5.75 Å². The van der Waals surface area contributed by atoms with Crippen molar-refractivity contribution >= 4 is 50.9 Å². The highest BCUT2D eigenvalue weighted by molar-refractivity contribution is 9.10. The quantitative estimate of drug-likeness (QED) is 0.195. The van der Waals surface area contributed by atoms with Crippen molar-refractivity contribution in [2.75, 3.05) is 13.2 Å². The maximum absolute atomic E-state index is 13.8. The van der Waals surface area contributed by atoms with E-state index in [2.05, 4.69) is 42.0 Å². The number of ether oxygens (including phenoxy) is 1. The summed E-state index contributed by atoms with van der Waals surface area (Å²) in [7, 11) is 0. The van der Waals surface area contributed by atoms with Crippen molar-refractivity contribution in [2.45, 2.75) is 58.5 Å². The highest BCUT2D eigenvalue weighted by Gasteiger charge is 2.31. The zero-order chi connectivity index (χ0) is 28.4. The van der Waals surface area contributed by atoms with E-state index in [1.807, 2.05) is 48.5 Å². The van der Waals surface area contributed by atoms with Gasteiger partial charge in [0.25, 0.3) is 5.91 Å². The molecule has 208 valence electrons. The standard InChI is InChI=1S/C31H35BrCl2N2O3/c1-4-5-15-35-31(38)28(16-22-9-7-6-8-10-22)36(19-24-11-13-25(33)18-27(24)34)30(37)20-39-29-14-12-23(21(2)3)17-26(29)32/h6-14,17-18,21,28H,4-5,15-16,19-20H2,1-3H3,(H,35,38)/t28-/m1/s1. The average Bonchev–Trinajstić information content (AvgIpc) is 2.91. The number of benzene rings is 3. The van der Waals surface area contributed by atoms with Crippen LogP contribution >= 0.6 is 39.1 Å². The van der Waals surface area contributed by atoms with Gasteiger partial charge in [-0.2, -0.15) is 0 Å². The van der Waals surface area contributed by atoms with Crippen molar-refractivity contribution in [2.24, 2.45) is 0 Å². The molecule has 0 aliphatic carbocycles. The molecule has 0 bridgehead atoms. The van der Waals surface area contributed by atoms with E-state index in [0.717, 1.165) is 28.4 Å². The van der Waals surface area contributed by atoms with Gasteiger partial charge in [-0.1, -0.05) is 92.9 Å². The van der Waals surface area contributed by atoms with Crippen LogP contribution in [0.2, 0.25) is 10.0 Å². The molecule has 39 heavy (non-hydrogen) atoms. The molecule has 5 nitrogen and oxygen atoms in total. The number of halogens is 3. The first kappa shape index (κ1) is 31.0. The number of amides is 2. The summed E-state index contributed by atoms with van der Waals surface area (Å²) in [5, 5.41) is 3.94. The fourth-order valence-corrected chi connectivity index (χ4v) is 5.09. The molecule has 2 amide bonds. The first-order valence-electron chi connectivity index (χ1n) is 13.2. The third-order valence-electron chi connectivity index (χ3n) is 6.43. The Labute approximate surface area is 250 Å². The summed E-state index contributed by atoms with van der Waals surface area (Å²) in [5.74, 6) is 0.381. The van der Waals surface area contributed by atoms with Crippen LogP contribution in [-0.2, 0) is 22.6 Å². The van der Waals surface area contributed by atoms with E-state index in [1.165, 1.54) is 0 Å². The second kappa shape index (κ2) is 15.3. The van der Waals surface area contributed by atoms with E-state index in [0.29, 0.717) is 40.2 Å². The van der Waals surface area contributed by atoms with Gasteiger partial charge in [-0.3, -0.25) is 9.59 Å². The Kier molecular flexibility index (Phi) is 12.2. The molecule has 0 aliphatic rings. The zero-order valence-electron chi connectivity index (χ0n) is 22.6. The van der Waals surface area contributed by atoms with Crippen molar-refractivity contribution in [1.29, 1.82) is 0 Å². The van der Waals surface area contributed by atoms with Gasteiger partial charge in [-0.15, -0.1) is 0 Å². The molecule has 0 saturated carbocycles. The normalized spacial score (nSPS) is 11.8.